The number of hydrogen-bond donors (Lipinski definition) is 0. The van der Waals surface area contributed by atoms with Crippen molar-refractivity contribution in [3.05, 3.63) is 39.4 Å². The second-order valence-corrected chi connectivity index (χ2v) is 16.2. The van der Waals surface area contributed by atoms with E-state index in [1.54, 1.807) is 32.9 Å². The molecule has 212 valence electrons. The van der Waals surface area contributed by atoms with Gasteiger partial charge < -0.3 is 0 Å². The average Bonchev–Trinajstić information content (AvgIpc) is 2.89. The Kier molecular flexibility index (Phi) is 15.8. The van der Waals surface area contributed by atoms with E-state index in [0.29, 0.717) is 17.5 Å². The maximum absolute atomic E-state index is 13.0. The van der Waals surface area contributed by atoms with Crippen molar-refractivity contribution in [3.8, 4) is 0 Å². The fourth-order valence-electron chi connectivity index (χ4n) is 5.09. The van der Waals surface area contributed by atoms with Crippen LogP contribution in [-0.4, -0.2) is 47.9 Å². The zero-order chi connectivity index (χ0) is 27.8. The number of carbonyl (C=O) groups is 2. The van der Waals surface area contributed by atoms with Gasteiger partial charge >= 0.3 is 201 Å². The zero-order valence-corrected chi connectivity index (χ0v) is 25.3. The van der Waals surface area contributed by atoms with Crippen molar-refractivity contribution in [2.75, 3.05) is 31.3 Å². The van der Waals surface area contributed by atoms with E-state index in [0.717, 1.165) is 12.8 Å². The summed E-state index contributed by atoms with van der Waals surface area (Å²) in [6, 6.07) is 4.74. The third kappa shape index (κ3) is 11.6. The number of hydrogen-bond acceptors (Lipinski definition) is 5. The van der Waals surface area contributed by atoms with Crippen LogP contribution < -0.4 is 0 Å². The van der Waals surface area contributed by atoms with Crippen molar-refractivity contribution < 1.29 is 19.2 Å². The molecule has 0 fully saturated rings. The van der Waals surface area contributed by atoms with Crippen LogP contribution in [0, 0.1) is 16.0 Å². The Labute approximate surface area is 225 Å². The Balaban J connectivity index is 2.83. The number of ether oxygens (including phenoxy) is 1. The molecule has 0 radical (unpaired) electrons. The molecular formula is C30H52NO5P. The molecular weight excluding hydrogens is 485 g/mol. The van der Waals surface area contributed by atoms with E-state index in [2.05, 4.69) is 20.8 Å². The number of ketones is 1. The van der Waals surface area contributed by atoms with Gasteiger partial charge in [-0.25, -0.2) is 0 Å². The molecule has 7 heteroatoms. The standard InChI is InChI=1S/C30H52NO5P/c1-7-10-18-37(19-11-8-2,20-12-9-3)21-14-13-15-29(32)26-16-17-27(28(22-26)31(34)35)25(6)23-36-30(33)24(4)5/h16-17,22,24-25,37H,7-15,18-21,23H2,1-6H3. The second-order valence-electron chi connectivity index (χ2n) is 11.2. The number of benzene rings is 1. The minimum atomic E-state index is -1.31. The Morgan fingerprint density at radius 2 is 1.43 bits per heavy atom. The summed E-state index contributed by atoms with van der Waals surface area (Å²) in [6.07, 6.45) is 15.6. The molecule has 0 heterocycles. The fraction of sp³-hybridized carbons (Fsp3) is 0.733. The topological polar surface area (TPSA) is 86.5 Å². The zero-order valence-electron chi connectivity index (χ0n) is 24.3. The van der Waals surface area contributed by atoms with Crippen LogP contribution in [0.15, 0.2) is 18.2 Å². The van der Waals surface area contributed by atoms with Crippen LogP contribution in [0.1, 0.15) is 121 Å². The molecule has 0 N–H and O–H groups in total. The van der Waals surface area contributed by atoms with Gasteiger partial charge in [0, 0.05) is 0 Å². The monoisotopic (exact) mass is 537 g/mol. The van der Waals surface area contributed by atoms with Gasteiger partial charge in [0.1, 0.15) is 0 Å². The van der Waals surface area contributed by atoms with Crippen molar-refractivity contribution in [1.29, 1.82) is 0 Å². The number of nitro groups is 1. The van der Waals surface area contributed by atoms with E-state index in [4.69, 9.17) is 4.74 Å². The Bertz CT molecular complexity index is 833. The molecule has 0 aliphatic carbocycles. The molecule has 0 spiro atoms. The number of rotatable bonds is 20. The maximum atomic E-state index is 13.0. The van der Waals surface area contributed by atoms with Crippen molar-refractivity contribution in [1.82, 2.24) is 0 Å². The third-order valence-corrected chi connectivity index (χ3v) is 13.2. The van der Waals surface area contributed by atoms with E-state index in [-0.39, 0.29) is 35.9 Å². The van der Waals surface area contributed by atoms with Crippen molar-refractivity contribution in [2.45, 2.75) is 105 Å². The van der Waals surface area contributed by atoms with Crippen molar-refractivity contribution in [3.63, 3.8) is 0 Å². The van der Waals surface area contributed by atoms with Gasteiger partial charge in [0.15, 0.2) is 0 Å². The molecule has 0 saturated heterocycles. The third-order valence-electron chi connectivity index (χ3n) is 7.57. The molecule has 37 heavy (non-hydrogen) atoms. The molecule has 0 aliphatic rings. The van der Waals surface area contributed by atoms with Gasteiger partial charge in [-0.15, -0.1) is 0 Å². The molecule has 0 aliphatic heterocycles. The summed E-state index contributed by atoms with van der Waals surface area (Å²) in [6.45, 7) is 12.2. The van der Waals surface area contributed by atoms with E-state index in [1.807, 2.05) is 0 Å². The summed E-state index contributed by atoms with van der Waals surface area (Å²) >= 11 is 0. The summed E-state index contributed by atoms with van der Waals surface area (Å²) < 4.78 is 5.27. The number of nitrogens with zero attached hydrogens (tertiary/aromatic N) is 1. The van der Waals surface area contributed by atoms with Crippen LogP contribution in [0.5, 0.6) is 0 Å². The van der Waals surface area contributed by atoms with Gasteiger partial charge in [0.05, 0.1) is 5.92 Å². The molecule has 0 bridgehead atoms. The molecule has 1 rings (SSSR count). The van der Waals surface area contributed by atoms with Crippen LogP contribution in [0.3, 0.4) is 0 Å². The first kappa shape index (κ1) is 33.2. The molecule has 1 aromatic carbocycles. The summed E-state index contributed by atoms with van der Waals surface area (Å²) in [5.74, 6) is -0.941. The van der Waals surface area contributed by atoms with Gasteiger partial charge in [-0.1, -0.05) is 13.8 Å². The number of nitro benzene ring substituents is 1. The first-order chi connectivity index (χ1) is 17.6. The predicted octanol–water partition coefficient (Wildman–Crippen LogP) is 8.40. The fourth-order valence-corrected chi connectivity index (χ4v) is 10.9. The summed E-state index contributed by atoms with van der Waals surface area (Å²) in [5.41, 5.74) is 0.800. The molecule has 0 saturated carbocycles. The Hall–Kier alpha value is -1.81. The normalized spacial score (nSPS) is 12.9. The van der Waals surface area contributed by atoms with Gasteiger partial charge in [-0.3, -0.25) is 4.79 Å². The quantitative estimate of drug-likeness (QED) is 0.0416. The summed E-state index contributed by atoms with van der Waals surface area (Å²) in [4.78, 5) is 36.1. The molecule has 1 unspecified atom stereocenters. The Morgan fingerprint density at radius 1 is 0.892 bits per heavy atom. The molecule has 1 atom stereocenters. The van der Waals surface area contributed by atoms with Gasteiger partial charge in [0.2, 0.25) is 0 Å². The number of esters is 1. The molecule has 6 nitrogen and oxygen atoms in total. The van der Waals surface area contributed by atoms with Gasteiger partial charge in [-0.05, 0) is 0 Å². The van der Waals surface area contributed by atoms with E-state index < -0.39 is 12.2 Å². The SMILES string of the molecule is CCCC[PH](CCCC)(CCCC)CCCCC(=O)c1ccc(C(C)COC(=O)C(C)C)c([N+](=O)[O-])c1. The average molecular weight is 538 g/mol. The minimum absolute atomic E-state index is 0.0310. The summed E-state index contributed by atoms with van der Waals surface area (Å²) in [5, 5.41) is 11.8. The molecule has 0 amide bonds. The predicted molar refractivity (Wildman–Crippen MR) is 158 cm³/mol. The van der Waals surface area contributed by atoms with E-state index in [1.165, 1.54) is 69.2 Å². The molecule has 1 aromatic rings. The van der Waals surface area contributed by atoms with Crippen molar-refractivity contribution >= 4 is 24.7 Å². The van der Waals surface area contributed by atoms with Crippen LogP contribution in [0.4, 0.5) is 5.69 Å². The Morgan fingerprint density at radius 3 is 1.92 bits per heavy atom. The van der Waals surface area contributed by atoms with E-state index in [9.17, 15) is 19.7 Å². The number of Topliss-reactive ketones (excluding diaryl/α,β-unsaturated/α-hetero) is 1. The van der Waals surface area contributed by atoms with Crippen LogP contribution in [0.2, 0.25) is 0 Å². The van der Waals surface area contributed by atoms with Gasteiger partial charge in [-0.2, -0.15) is 0 Å². The summed E-state index contributed by atoms with van der Waals surface area (Å²) in [7, 11) is -1.31. The first-order valence-electron chi connectivity index (χ1n) is 14.6. The number of unbranched alkanes of at least 4 members (excludes halogenated alkanes) is 4. The van der Waals surface area contributed by atoms with Gasteiger partial charge in [0.25, 0.3) is 0 Å². The number of carbonyl (C=O) groups excluding carboxylic acids is 2. The second kappa shape index (κ2) is 17.7. The van der Waals surface area contributed by atoms with Crippen molar-refractivity contribution in [2.24, 2.45) is 5.92 Å². The van der Waals surface area contributed by atoms with Crippen LogP contribution in [0.25, 0.3) is 0 Å². The van der Waals surface area contributed by atoms with Crippen LogP contribution >= 0.6 is 7.26 Å². The van der Waals surface area contributed by atoms with Crippen LogP contribution in [-0.2, 0) is 9.53 Å². The molecule has 0 aromatic heterocycles. The first-order valence-corrected chi connectivity index (χ1v) is 17.4. The van der Waals surface area contributed by atoms with E-state index >= 15 is 0 Å².